The Hall–Kier alpha value is -1.61. The van der Waals surface area contributed by atoms with Crippen LogP contribution < -0.4 is 5.32 Å². The van der Waals surface area contributed by atoms with Gasteiger partial charge < -0.3 is 5.32 Å². The third-order valence-electron chi connectivity index (χ3n) is 4.18. The first-order valence-corrected chi connectivity index (χ1v) is 7.97. The maximum Gasteiger partial charge on any atom is 0.253 e. The number of nitrogens with zero attached hydrogens (tertiary/aromatic N) is 1. The summed E-state index contributed by atoms with van der Waals surface area (Å²) in [6, 6.07) is 7.93. The van der Waals surface area contributed by atoms with Gasteiger partial charge in [-0.1, -0.05) is 61.5 Å². The molecule has 1 aliphatic carbocycles. The zero-order chi connectivity index (χ0) is 14.7. The molecule has 1 aromatic heterocycles. The van der Waals surface area contributed by atoms with Crippen molar-refractivity contribution in [2.45, 2.75) is 44.6 Å². The minimum absolute atomic E-state index is 0.0396. The van der Waals surface area contributed by atoms with E-state index in [1.807, 2.05) is 24.3 Å². The van der Waals surface area contributed by atoms with Crippen LogP contribution in [0.3, 0.4) is 0 Å². The summed E-state index contributed by atoms with van der Waals surface area (Å²) in [6.07, 6.45) is 8.68. The van der Waals surface area contributed by atoms with Gasteiger partial charge in [-0.05, 0) is 18.2 Å². The molecule has 3 rings (SSSR count). The Morgan fingerprint density at radius 3 is 2.48 bits per heavy atom. The van der Waals surface area contributed by atoms with Crippen LogP contribution in [-0.4, -0.2) is 16.9 Å². The molecule has 1 aromatic carbocycles. The van der Waals surface area contributed by atoms with Crippen molar-refractivity contribution in [3.05, 3.63) is 41.2 Å². The van der Waals surface area contributed by atoms with Gasteiger partial charge in [0.05, 0.1) is 5.56 Å². The first-order chi connectivity index (χ1) is 10.3. The molecule has 0 radical (unpaired) electrons. The van der Waals surface area contributed by atoms with Crippen molar-refractivity contribution >= 4 is 28.3 Å². The van der Waals surface area contributed by atoms with E-state index in [2.05, 4.69) is 10.3 Å². The number of fused-ring (bicyclic) bond motifs is 1. The molecule has 4 heteroatoms. The van der Waals surface area contributed by atoms with Crippen molar-refractivity contribution in [1.29, 1.82) is 0 Å². The molecule has 1 fully saturated rings. The summed E-state index contributed by atoms with van der Waals surface area (Å²) in [6.45, 7) is 0. The van der Waals surface area contributed by atoms with E-state index in [9.17, 15) is 4.79 Å². The molecule has 110 valence electrons. The average Bonchev–Trinajstić information content (AvgIpc) is 2.76. The number of hydrogen-bond donors (Lipinski definition) is 1. The van der Waals surface area contributed by atoms with Crippen LogP contribution in [0.5, 0.6) is 0 Å². The fraction of sp³-hybridized carbons (Fsp3) is 0.412. The Bertz CT molecular complexity index is 648. The van der Waals surface area contributed by atoms with Gasteiger partial charge in [-0.25, -0.2) is 4.98 Å². The predicted octanol–water partition coefficient (Wildman–Crippen LogP) is 4.34. The normalized spacial score (nSPS) is 16.6. The van der Waals surface area contributed by atoms with Crippen molar-refractivity contribution in [1.82, 2.24) is 10.3 Å². The third-order valence-corrected chi connectivity index (χ3v) is 4.48. The standard InChI is InChI=1S/C17H19ClN2O/c18-16-14-10-6-5-9-13(14)15(11-19-16)17(21)20-12-7-3-1-2-4-8-12/h5-6,9-12H,1-4,7-8H2,(H,20,21). The summed E-state index contributed by atoms with van der Waals surface area (Å²) >= 11 is 6.10. The highest BCUT2D eigenvalue weighted by Crippen LogP contribution is 2.25. The van der Waals surface area contributed by atoms with Gasteiger partial charge in [0.25, 0.3) is 5.91 Å². The van der Waals surface area contributed by atoms with Crippen molar-refractivity contribution < 1.29 is 4.79 Å². The quantitative estimate of drug-likeness (QED) is 0.662. The Morgan fingerprint density at radius 2 is 1.76 bits per heavy atom. The van der Waals surface area contributed by atoms with Crippen LogP contribution in [0.25, 0.3) is 10.8 Å². The molecule has 2 aromatic rings. The fourth-order valence-corrected chi connectivity index (χ4v) is 3.24. The van der Waals surface area contributed by atoms with E-state index in [4.69, 9.17) is 11.6 Å². The molecule has 1 amide bonds. The van der Waals surface area contributed by atoms with Gasteiger partial charge in [-0.3, -0.25) is 4.79 Å². The number of halogens is 1. The van der Waals surface area contributed by atoms with Crippen molar-refractivity contribution in [3.8, 4) is 0 Å². The molecule has 0 unspecified atom stereocenters. The van der Waals surface area contributed by atoms with Crippen LogP contribution in [0.1, 0.15) is 48.9 Å². The molecule has 0 saturated heterocycles. The topological polar surface area (TPSA) is 42.0 Å². The van der Waals surface area contributed by atoms with Gasteiger partial charge in [0.1, 0.15) is 5.15 Å². The van der Waals surface area contributed by atoms with E-state index >= 15 is 0 Å². The van der Waals surface area contributed by atoms with Crippen LogP contribution >= 0.6 is 11.6 Å². The highest BCUT2D eigenvalue weighted by Gasteiger charge is 2.18. The second-order valence-electron chi connectivity index (χ2n) is 5.67. The molecule has 0 bridgehead atoms. The van der Waals surface area contributed by atoms with Crippen LogP contribution in [0, 0.1) is 0 Å². The van der Waals surface area contributed by atoms with Crippen molar-refractivity contribution in [3.63, 3.8) is 0 Å². The van der Waals surface area contributed by atoms with Gasteiger partial charge >= 0.3 is 0 Å². The molecule has 1 N–H and O–H groups in total. The lowest BCUT2D eigenvalue weighted by atomic mass is 10.1. The van der Waals surface area contributed by atoms with E-state index in [1.165, 1.54) is 25.7 Å². The van der Waals surface area contributed by atoms with Gasteiger partial charge in [0, 0.05) is 17.6 Å². The summed E-state index contributed by atoms with van der Waals surface area (Å²) in [7, 11) is 0. The number of aromatic nitrogens is 1. The van der Waals surface area contributed by atoms with Crippen molar-refractivity contribution in [2.75, 3.05) is 0 Å². The third kappa shape index (κ3) is 3.18. The maximum atomic E-state index is 12.6. The number of benzene rings is 1. The number of hydrogen-bond acceptors (Lipinski definition) is 2. The first-order valence-electron chi connectivity index (χ1n) is 7.60. The molecular formula is C17H19ClN2O. The summed E-state index contributed by atoms with van der Waals surface area (Å²) in [4.78, 5) is 16.7. The molecule has 1 heterocycles. The highest BCUT2D eigenvalue weighted by atomic mass is 35.5. The SMILES string of the molecule is O=C(NC1CCCCCC1)c1cnc(Cl)c2ccccc12. The van der Waals surface area contributed by atoms with E-state index in [0.29, 0.717) is 10.7 Å². The summed E-state index contributed by atoms with van der Waals surface area (Å²) < 4.78 is 0. The Kier molecular flexibility index (Phi) is 4.39. The van der Waals surface area contributed by atoms with E-state index in [-0.39, 0.29) is 11.9 Å². The molecule has 3 nitrogen and oxygen atoms in total. The molecule has 21 heavy (non-hydrogen) atoms. The van der Waals surface area contributed by atoms with Crippen LogP contribution in [0.15, 0.2) is 30.5 Å². The van der Waals surface area contributed by atoms with Gasteiger partial charge in [0.2, 0.25) is 0 Å². The number of carbonyl (C=O) groups excluding carboxylic acids is 1. The second-order valence-corrected chi connectivity index (χ2v) is 6.03. The summed E-state index contributed by atoms with van der Waals surface area (Å²) in [5.41, 5.74) is 0.610. The van der Waals surface area contributed by atoms with Gasteiger partial charge in [0.15, 0.2) is 0 Å². The zero-order valence-electron chi connectivity index (χ0n) is 11.9. The highest BCUT2D eigenvalue weighted by molar-refractivity contribution is 6.34. The summed E-state index contributed by atoms with van der Waals surface area (Å²) in [5, 5.41) is 5.30. The monoisotopic (exact) mass is 302 g/mol. The number of amides is 1. The average molecular weight is 303 g/mol. The van der Waals surface area contributed by atoms with E-state index in [0.717, 1.165) is 23.6 Å². The van der Waals surface area contributed by atoms with E-state index < -0.39 is 0 Å². The Balaban J connectivity index is 1.86. The molecular weight excluding hydrogens is 284 g/mol. The largest absolute Gasteiger partial charge is 0.349 e. The zero-order valence-corrected chi connectivity index (χ0v) is 12.7. The molecule has 0 aliphatic heterocycles. The number of carbonyl (C=O) groups is 1. The predicted molar refractivity (Wildman–Crippen MR) is 85.7 cm³/mol. The number of rotatable bonds is 2. The lowest BCUT2D eigenvalue weighted by Crippen LogP contribution is -2.34. The van der Waals surface area contributed by atoms with Gasteiger partial charge in [-0.15, -0.1) is 0 Å². The number of pyridine rings is 1. The van der Waals surface area contributed by atoms with Crippen LogP contribution in [-0.2, 0) is 0 Å². The molecule has 0 spiro atoms. The number of nitrogens with one attached hydrogen (secondary N) is 1. The molecule has 0 atom stereocenters. The Morgan fingerprint density at radius 1 is 1.10 bits per heavy atom. The van der Waals surface area contributed by atoms with Crippen LogP contribution in [0.2, 0.25) is 5.15 Å². The Labute approximate surface area is 129 Å². The first kappa shape index (κ1) is 14.3. The minimum Gasteiger partial charge on any atom is -0.349 e. The fourth-order valence-electron chi connectivity index (χ4n) is 3.03. The smallest absolute Gasteiger partial charge is 0.253 e. The van der Waals surface area contributed by atoms with Crippen LogP contribution in [0.4, 0.5) is 0 Å². The lowest BCUT2D eigenvalue weighted by Gasteiger charge is -2.17. The van der Waals surface area contributed by atoms with Gasteiger partial charge in [-0.2, -0.15) is 0 Å². The van der Waals surface area contributed by atoms with Crippen molar-refractivity contribution in [2.24, 2.45) is 0 Å². The second kappa shape index (κ2) is 6.44. The minimum atomic E-state index is -0.0396. The van der Waals surface area contributed by atoms with E-state index in [1.54, 1.807) is 6.20 Å². The molecule has 1 saturated carbocycles. The summed E-state index contributed by atoms with van der Waals surface area (Å²) in [5.74, 6) is -0.0396. The maximum absolute atomic E-state index is 12.6. The molecule has 1 aliphatic rings. The lowest BCUT2D eigenvalue weighted by molar-refractivity contribution is 0.0934.